The molecule has 1 aliphatic heterocycles. The number of amides is 1. The van der Waals surface area contributed by atoms with Crippen LogP contribution in [0.1, 0.15) is 64.6 Å². The highest BCUT2D eigenvalue weighted by Gasteiger charge is 2.32. The van der Waals surface area contributed by atoms with Crippen LogP contribution in [-0.2, 0) is 16.1 Å². The van der Waals surface area contributed by atoms with Crippen LogP contribution in [-0.4, -0.2) is 62.7 Å². The van der Waals surface area contributed by atoms with Crippen LogP contribution in [0.25, 0.3) is 43.6 Å². The summed E-state index contributed by atoms with van der Waals surface area (Å²) in [4.78, 5) is 37.7. The van der Waals surface area contributed by atoms with Crippen molar-refractivity contribution >= 4 is 45.0 Å². The SMILES string of the molecule is Cc1nc(C)c(-c2ccc3cc(-c4c(C5CCCCC5)c5c(F)cc(C(=O)O)cc5n4CC(=O)N4CCOCC4)c(F)cc3n2)s1. The number of rotatable bonds is 6. The fourth-order valence-corrected chi connectivity index (χ4v) is 7.98. The van der Waals surface area contributed by atoms with E-state index >= 15 is 8.78 Å². The third-order valence-corrected chi connectivity index (χ3v) is 10.3. The first-order valence-electron chi connectivity index (χ1n) is 15.7. The molecule has 7 rings (SSSR count). The van der Waals surface area contributed by atoms with Crippen molar-refractivity contribution in [2.45, 2.75) is 58.4 Å². The molecule has 0 atom stereocenters. The molecule has 8 nitrogen and oxygen atoms in total. The van der Waals surface area contributed by atoms with E-state index in [-0.39, 0.29) is 40.4 Å². The zero-order valence-corrected chi connectivity index (χ0v) is 26.6. The van der Waals surface area contributed by atoms with Gasteiger partial charge in [0.2, 0.25) is 5.91 Å². The van der Waals surface area contributed by atoms with Crippen LogP contribution in [0.3, 0.4) is 0 Å². The summed E-state index contributed by atoms with van der Waals surface area (Å²) in [6, 6.07) is 9.34. The number of carboxylic acids is 1. The summed E-state index contributed by atoms with van der Waals surface area (Å²) in [5.41, 5.74) is 3.37. The normalized spacial score (nSPS) is 16.0. The summed E-state index contributed by atoms with van der Waals surface area (Å²) in [5.74, 6) is -2.81. The van der Waals surface area contributed by atoms with E-state index in [9.17, 15) is 14.7 Å². The molecule has 2 aliphatic rings. The van der Waals surface area contributed by atoms with Gasteiger partial charge in [-0.3, -0.25) is 4.79 Å². The molecule has 3 aromatic heterocycles. The lowest BCUT2D eigenvalue weighted by Gasteiger charge is -2.28. The number of thiazole rings is 1. The molecule has 0 spiro atoms. The molecule has 2 fully saturated rings. The summed E-state index contributed by atoms with van der Waals surface area (Å²) in [5, 5.41) is 11.7. The fourth-order valence-electron chi connectivity index (χ4n) is 7.09. The van der Waals surface area contributed by atoms with E-state index in [1.807, 2.05) is 26.0 Å². The Kier molecular flexibility index (Phi) is 8.06. The average molecular weight is 645 g/mol. The van der Waals surface area contributed by atoms with E-state index in [1.165, 1.54) is 23.5 Å². The molecule has 1 saturated carbocycles. The van der Waals surface area contributed by atoms with E-state index in [4.69, 9.17) is 9.72 Å². The van der Waals surface area contributed by atoms with Gasteiger partial charge in [-0.05, 0) is 62.4 Å². The van der Waals surface area contributed by atoms with Gasteiger partial charge in [-0.1, -0.05) is 25.3 Å². The van der Waals surface area contributed by atoms with Gasteiger partial charge in [-0.25, -0.2) is 23.5 Å². The standard InChI is InChI=1S/C35H34F2N4O4S/c1-19-34(46-20(2)38-19)27-9-8-22-14-24(25(36)17-28(22)39-27)33-31(21-6-4-3-5-7-21)32-26(37)15-23(35(43)44)16-29(32)41(33)18-30(42)40-10-12-45-13-11-40/h8-9,14-17,21H,3-7,10-13,18H2,1-2H3,(H,43,44). The molecule has 238 valence electrons. The lowest BCUT2D eigenvalue weighted by Crippen LogP contribution is -2.42. The third kappa shape index (κ3) is 5.45. The zero-order chi connectivity index (χ0) is 32.1. The Morgan fingerprint density at radius 2 is 1.76 bits per heavy atom. The molecule has 0 unspecified atom stereocenters. The van der Waals surface area contributed by atoms with Gasteiger partial charge in [-0.2, -0.15) is 0 Å². The molecule has 46 heavy (non-hydrogen) atoms. The number of pyridine rings is 1. The number of carbonyl (C=O) groups excluding carboxylic acids is 1. The summed E-state index contributed by atoms with van der Waals surface area (Å²) in [7, 11) is 0. The van der Waals surface area contributed by atoms with Crippen molar-refractivity contribution < 1.29 is 28.2 Å². The van der Waals surface area contributed by atoms with Crippen molar-refractivity contribution in [1.82, 2.24) is 19.4 Å². The van der Waals surface area contributed by atoms with Gasteiger partial charge in [0.25, 0.3) is 0 Å². The molecule has 4 heterocycles. The number of halogens is 2. The number of carboxylic acid groups (broad SMARTS) is 1. The number of aryl methyl sites for hydroxylation is 2. The number of aromatic nitrogens is 3. The van der Waals surface area contributed by atoms with E-state index in [1.54, 1.807) is 15.5 Å². The number of ether oxygens (including phenoxy) is 1. The minimum absolute atomic E-state index is 0.0793. The van der Waals surface area contributed by atoms with Crippen LogP contribution < -0.4 is 0 Å². The van der Waals surface area contributed by atoms with Crippen molar-refractivity contribution in [3.05, 3.63) is 69.9 Å². The Labute approximate surface area is 268 Å². The first-order chi connectivity index (χ1) is 22.2. The van der Waals surface area contributed by atoms with Crippen molar-refractivity contribution in [2.24, 2.45) is 0 Å². The van der Waals surface area contributed by atoms with Gasteiger partial charge in [0.15, 0.2) is 0 Å². The number of hydrogen-bond acceptors (Lipinski definition) is 6. The smallest absolute Gasteiger partial charge is 0.335 e. The highest BCUT2D eigenvalue weighted by Crippen LogP contribution is 2.46. The van der Waals surface area contributed by atoms with Gasteiger partial charge in [0.05, 0.1) is 56.8 Å². The Morgan fingerprint density at radius 1 is 1.00 bits per heavy atom. The van der Waals surface area contributed by atoms with Gasteiger partial charge >= 0.3 is 5.97 Å². The first kappa shape index (κ1) is 30.4. The maximum atomic E-state index is 16.5. The van der Waals surface area contributed by atoms with E-state index in [2.05, 4.69) is 4.98 Å². The summed E-state index contributed by atoms with van der Waals surface area (Å²) < 4.78 is 39.7. The van der Waals surface area contributed by atoms with Crippen LogP contribution in [0, 0.1) is 25.5 Å². The van der Waals surface area contributed by atoms with Crippen LogP contribution in [0.15, 0.2) is 36.4 Å². The molecule has 1 saturated heterocycles. The van der Waals surface area contributed by atoms with E-state index < -0.39 is 17.6 Å². The molecule has 0 bridgehead atoms. The van der Waals surface area contributed by atoms with Gasteiger partial charge < -0.3 is 19.3 Å². The lowest BCUT2D eigenvalue weighted by atomic mass is 9.81. The minimum atomic E-state index is -1.28. The molecule has 2 aromatic carbocycles. The lowest BCUT2D eigenvalue weighted by molar-refractivity contribution is -0.135. The van der Waals surface area contributed by atoms with Crippen LogP contribution in [0.5, 0.6) is 0 Å². The average Bonchev–Trinajstić information content (AvgIpc) is 3.57. The number of fused-ring (bicyclic) bond motifs is 2. The molecular weight excluding hydrogens is 610 g/mol. The number of carbonyl (C=O) groups is 2. The predicted octanol–water partition coefficient (Wildman–Crippen LogP) is 7.48. The molecule has 1 amide bonds. The monoisotopic (exact) mass is 644 g/mol. The summed E-state index contributed by atoms with van der Waals surface area (Å²) >= 11 is 1.53. The quantitative estimate of drug-likeness (QED) is 0.206. The molecular formula is C35H34F2N4O4S. The molecule has 5 aromatic rings. The van der Waals surface area contributed by atoms with E-state index in [0.717, 1.165) is 53.7 Å². The van der Waals surface area contributed by atoms with Crippen molar-refractivity contribution in [2.75, 3.05) is 26.3 Å². The predicted molar refractivity (Wildman–Crippen MR) is 173 cm³/mol. The Balaban J connectivity index is 1.47. The van der Waals surface area contributed by atoms with Crippen LogP contribution >= 0.6 is 11.3 Å². The van der Waals surface area contributed by atoms with E-state index in [0.29, 0.717) is 54.2 Å². The topological polar surface area (TPSA) is 97.5 Å². The van der Waals surface area contributed by atoms with Crippen LogP contribution in [0.2, 0.25) is 0 Å². The molecule has 1 aliphatic carbocycles. The van der Waals surface area contributed by atoms with Crippen LogP contribution in [0.4, 0.5) is 8.78 Å². The highest BCUT2D eigenvalue weighted by atomic mass is 32.1. The molecule has 1 N–H and O–H groups in total. The Bertz CT molecular complexity index is 2010. The van der Waals surface area contributed by atoms with Gasteiger partial charge in [-0.15, -0.1) is 11.3 Å². The molecule has 11 heteroatoms. The number of hydrogen-bond donors (Lipinski definition) is 1. The fraction of sp³-hybridized carbons (Fsp3) is 0.371. The molecule has 0 radical (unpaired) electrons. The Hall–Kier alpha value is -4.22. The number of aromatic carboxylic acids is 1. The van der Waals surface area contributed by atoms with Crippen molar-refractivity contribution in [3.63, 3.8) is 0 Å². The van der Waals surface area contributed by atoms with Crippen molar-refractivity contribution in [1.29, 1.82) is 0 Å². The zero-order valence-electron chi connectivity index (χ0n) is 25.7. The summed E-state index contributed by atoms with van der Waals surface area (Å²) in [6.45, 7) is 5.30. The van der Waals surface area contributed by atoms with Gasteiger partial charge in [0.1, 0.15) is 18.2 Å². The Morgan fingerprint density at radius 3 is 2.46 bits per heavy atom. The largest absolute Gasteiger partial charge is 0.478 e. The third-order valence-electron chi connectivity index (χ3n) is 9.24. The second-order valence-electron chi connectivity index (χ2n) is 12.2. The number of morpholine rings is 1. The number of nitrogens with zero attached hydrogens (tertiary/aromatic N) is 4. The van der Waals surface area contributed by atoms with Crippen molar-refractivity contribution in [3.8, 4) is 21.8 Å². The highest BCUT2D eigenvalue weighted by molar-refractivity contribution is 7.15. The first-order valence-corrected chi connectivity index (χ1v) is 16.5. The minimum Gasteiger partial charge on any atom is -0.478 e. The van der Waals surface area contributed by atoms with Gasteiger partial charge in [0, 0.05) is 35.5 Å². The second kappa shape index (κ2) is 12.2. The second-order valence-corrected chi connectivity index (χ2v) is 13.4. The number of benzene rings is 2. The maximum absolute atomic E-state index is 16.5. The maximum Gasteiger partial charge on any atom is 0.335 e. The summed E-state index contributed by atoms with van der Waals surface area (Å²) in [6.07, 6.45) is 4.53.